The molecule has 0 saturated heterocycles. The van der Waals surface area contributed by atoms with Crippen LogP contribution in [0.3, 0.4) is 0 Å². The molecule has 0 radical (unpaired) electrons. The molecular weight excluding hydrogens is 462 g/mol. The van der Waals surface area contributed by atoms with Crippen LogP contribution in [0.4, 0.5) is 0 Å². The third kappa shape index (κ3) is 4.52. The van der Waals surface area contributed by atoms with Crippen molar-refractivity contribution in [3.8, 4) is 16.9 Å². The SMILES string of the molecule is CCCCNC(=O)c1cccc(-c2ccc3c(c2)C2(CC(c4ccccc4)O3)N=C(CC)N(C)C2=O)c1. The monoisotopic (exact) mass is 495 g/mol. The fourth-order valence-electron chi connectivity index (χ4n) is 5.25. The van der Waals surface area contributed by atoms with Crippen LogP contribution in [0.2, 0.25) is 0 Å². The molecule has 2 aliphatic rings. The Morgan fingerprint density at radius 1 is 1.05 bits per heavy atom. The second kappa shape index (κ2) is 10.2. The number of rotatable bonds is 7. The maximum absolute atomic E-state index is 13.8. The molecule has 2 unspecified atom stereocenters. The van der Waals surface area contributed by atoms with Crippen LogP contribution in [-0.2, 0) is 10.3 Å². The Labute approximate surface area is 218 Å². The van der Waals surface area contributed by atoms with Crippen LogP contribution in [0.5, 0.6) is 5.75 Å². The molecule has 1 N–H and O–H groups in total. The maximum atomic E-state index is 13.8. The van der Waals surface area contributed by atoms with Gasteiger partial charge in [-0.1, -0.05) is 68.8 Å². The van der Waals surface area contributed by atoms with Crippen molar-refractivity contribution in [2.45, 2.75) is 51.2 Å². The molecule has 190 valence electrons. The Balaban J connectivity index is 1.56. The normalized spacial score (nSPS) is 20.4. The first-order valence-electron chi connectivity index (χ1n) is 13.1. The van der Waals surface area contributed by atoms with Crippen LogP contribution in [0.1, 0.15) is 67.1 Å². The van der Waals surface area contributed by atoms with Crippen LogP contribution in [0.25, 0.3) is 11.1 Å². The number of nitrogens with one attached hydrogen (secondary N) is 1. The molecule has 0 bridgehead atoms. The number of fused-ring (bicyclic) bond motifs is 2. The number of nitrogens with zero attached hydrogens (tertiary/aromatic N) is 2. The number of unbranched alkanes of at least 4 members (excludes halogenated alkanes) is 1. The lowest BCUT2D eigenvalue weighted by molar-refractivity contribution is -0.132. The van der Waals surface area contributed by atoms with Crippen LogP contribution in [0, 0.1) is 0 Å². The Morgan fingerprint density at radius 2 is 1.84 bits per heavy atom. The van der Waals surface area contributed by atoms with Gasteiger partial charge in [0.25, 0.3) is 11.8 Å². The quantitative estimate of drug-likeness (QED) is 0.416. The fraction of sp³-hybridized carbons (Fsp3) is 0.323. The summed E-state index contributed by atoms with van der Waals surface area (Å²) in [6, 6.07) is 23.5. The number of hydrogen-bond donors (Lipinski definition) is 1. The molecule has 0 fully saturated rings. The molecule has 0 aromatic heterocycles. The highest BCUT2D eigenvalue weighted by molar-refractivity contribution is 6.08. The molecule has 2 amide bonds. The summed E-state index contributed by atoms with van der Waals surface area (Å²) in [5.74, 6) is 1.33. The first-order valence-corrected chi connectivity index (χ1v) is 13.1. The van der Waals surface area contributed by atoms with E-state index in [4.69, 9.17) is 9.73 Å². The van der Waals surface area contributed by atoms with Crippen LogP contribution in [0.15, 0.2) is 77.8 Å². The van der Waals surface area contributed by atoms with E-state index in [9.17, 15) is 9.59 Å². The second-order valence-corrected chi connectivity index (χ2v) is 9.73. The van der Waals surface area contributed by atoms with Crippen molar-refractivity contribution >= 4 is 17.6 Å². The summed E-state index contributed by atoms with van der Waals surface area (Å²) in [6.45, 7) is 4.78. The second-order valence-electron chi connectivity index (χ2n) is 9.73. The van der Waals surface area contributed by atoms with E-state index >= 15 is 0 Å². The average Bonchev–Trinajstić information content (AvgIpc) is 3.18. The molecule has 3 aromatic carbocycles. The zero-order chi connectivity index (χ0) is 26.0. The van der Waals surface area contributed by atoms with Crippen molar-refractivity contribution in [3.63, 3.8) is 0 Å². The van der Waals surface area contributed by atoms with E-state index in [-0.39, 0.29) is 17.9 Å². The fourth-order valence-corrected chi connectivity index (χ4v) is 5.25. The average molecular weight is 496 g/mol. The molecule has 3 aromatic rings. The molecule has 5 rings (SSSR count). The number of benzene rings is 3. The lowest BCUT2D eigenvalue weighted by Gasteiger charge is -2.37. The summed E-state index contributed by atoms with van der Waals surface area (Å²) >= 11 is 0. The first kappa shape index (κ1) is 24.8. The Kier molecular flexibility index (Phi) is 6.83. The minimum Gasteiger partial charge on any atom is -0.485 e. The molecule has 2 heterocycles. The number of likely N-dealkylation sites (N-methyl/N-ethyl adjacent to an activating group) is 1. The number of carbonyl (C=O) groups is 2. The molecule has 6 heteroatoms. The first-order chi connectivity index (χ1) is 18.0. The standard InChI is InChI=1S/C31H33N3O3/c1-4-6-17-32-29(35)24-14-10-13-22(18-24)23-15-16-26-25(19-23)31(30(36)34(3)28(5-2)33-31)20-27(37-26)21-11-8-7-9-12-21/h7-16,18-19,27H,4-6,17,20H2,1-3H3,(H,32,35). The Morgan fingerprint density at radius 3 is 2.57 bits per heavy atom. The molecule has 0 saturated carbocycles. The third-order valence-electron chi connectivity index (χ3n) is 7.30. The van der Waals surface area contributed by atoms with Gasteiger partial charge in [0, 0.05) is 37.6 Å². The smallest absolute Gasteiger partial charge is 0.260 e. The zero-order valence-corrected chi connectivity index (χ0v) is 21.7. The van der Waals surface area contributed by atoms with Gasteiger partial charge in [-0.15, -0.1) is 0 Å². The van der Waals surface area contributed by atoms with Crippen molar-refractivity contribution < 1.29 is 14.3 Å². The van der Waals surface area contributed by atoms with Gasteiger partial charge in [0.1, 0.15) is 17.7 Å². The van der Waals surface area contributed by atoms with E-state index in [1.54, 1.807) is 11.9 Å². The van der Waals surface area contributed by atoms with Crippen molar-refractivity contribution in [2.24, 2.45) is 4.99 Å². The molecule has 2 atom stereocenters. The molecule has 37 heavy (non-hydrogen) atoms. The molecular formula is C31H33N3O3. The van der Waals surface area contributed by atoms with Gasteiger partial charge >= 0.3 is 0 Å². The van der Waals surface area contributed by atoms with Crippen molar-refractivity contribution in [1.29, 1.82) is 0 Å². The molecule has 0 aliphatic carbocycles. The minimum absolute atomic E-state index is 0.0315. The van der Waals surface area contributed by atoms with Gasteiger partial charge in [-0.3, -0.25) is 14.6 Å². The van der Waals surface area contributed by atoms with E-state index in [1.165, 1.54) is 0 Å². The number of amidine groups is 1. The minimum atomic E-state index is -1.04. The maximum Gasteiger partial charge on any atom is 0.260 e. The molecule has 1 spiro atoms. The van der Waals surface area contributed by atoms with Gasteiger partial charge < -0.3 is 15.0 Å². The van der Waals surface area contributed by atoms with Gasteiger partial charge in [-0.05, 0) is 47.4 Å². The number of carbonyl (C=O) groups excluding carboxylic acids is 2. The summed E-state index contributed by atoms with van der Waals surface area (Å²) in [7, 11) is 1.80. The summed E-state index contributed by atoms with van der Waals surface area (Å²) in [5.41, 5.74) is 3.19. The predicted molar refractivity (Wildman–Crippen MR) is 146 cm³/mol. The van der Waals surface area contributed by atoms with E-state index in [0.717, 1.165) is 40.9 Å². The summed E-state index contributed by atoms with van der Waals surface area (Å²) < 4.78 is 6.46. The highest BCUT2D eigenvalue weighted by atomic mass is 16.5. The predicted octanol–water partition coefficient (Wildman–Crippen LogP) is 5.88. The number of aliphatic imine (C=N–C) groups is 1. The largest absolute Gasteiger partial charge is 0.485 e. The van der Waals surface area contributed by atoms with Crippen molar-refractivity contribution in [3.05, 3.63) is 89.5 Å². The van der Waals surface area contributed by atoms with Crippen molar-refractivity contribution in [2.75, 3.05) is 13.6 Å². The topological polar surface area (TPSA) is 71.0 Å². The molecule has 6 nitrogen and oxygen atoms in total. The number of ether oxygens (including phenoxy) is 1. The van der Waals surface area contributed by atoms with E-state index in [2.05, 4.69) is 12.2 Å². The molecule has 2 aliphatic heterocycles. The highest BCUT2D eigenvalue weighted by Crippen LogP contribution is 2.51. The Bertz CT molecular complexity index is 1350. The summed E-state index contributed by atoms with van der Waals surface area (Å²) in [4.78, 5) is 33.2. The number of amides is 2. The third-order valence-corrected chi connectivity index (χ3v) is 7.30. The van der Waals surface area contributed by atoms with Gasteiger partial charge in [-0.2, -0.15) is 0 Å². The lowest BCUT2D eigenvalue weighted by Crippen LogP contribution is -2.42. The van der Waals surface area contributed by atoms with E-state index in [1.807, 2.05) is 79.7 Å². The highest BCUT2D eigenvalue weighted by Gasteiger charge is 2.53. The van der Waals surface area contributed by atoms with E-state index in [0.29, 0.717) is 30.7 Å². The number of hydrogen-bond acceptors (Lipinski definition) is 4. The van der Waals surface area contributed by atoms with Crippen LogP contribution in [-0.4, -0.2) is 36.1 Å². The summed E-state index contributed by atoms with van der Waals surface area (Å²) in [5, 5.41) is 2.98. The van der Waals surface area contributed by atoms with E-state index < -0.39 is 5.54 Å². The van der Waals surface area contributed by atoms with Gasteiger partial charge in [0.15, 0.2) is 5.54 Å². The lowest BCUT2D eigenvalue weighted by atomic mass is 9.79. The zero-order valence-electron chi connectivity index (χ0n) is 21.7. The van der Waals surface area contributed by atoms with Crippen LogP contribution >= 0.6 is 0 Å². The van der Waals surface area contributed by atoms with Crippen LogP contribution < -0.4 is 10.1 Å². The van der Waals surface area contributed by atoms with Gasteiger partial charge in [0.05, 0.1) is 0 Å². The van der Waals surface area contributed by atoms with Gasteiger partial charge in [0.2, 0.25) is 0 Å². The van der Waals surface area contributed by atoms with Gasteiger partial charge in [-0.25, -0.2) is 0 Å². The Hall–Kier alpha value is -3.93. The summed E-state index contributed by atoms with van der Waals surface area (Å²) in [6.07, 6.45) is 2.79. The van der Waals surface area contributed by atoms with Crippen molar-refractivity contribution in [1.82, 2.24) is 10.2 Å².